The summed E-state index contributed by atoms with van der Waals surface area (Å²) in [5, 5.41) is 0. The van der Waals surface area contributed by atoms with Gasteiger partial charge in [-0.05, 0) is 66.2 Å². The summed E-state index contributed by atoms with van der Waals surface area (Å²) in [5.41, 5.74) is 0.769. The first-order valence-corrected chi connectivity index (χ1v) is 6.05. The van der Waals surface area contributed by atoms with E-state index in [4.69, 9.17) is 9.47 Å². The third-order valence-corrected chi connectivity index (χ3v) is 1.87. The molecule has 0 N–H and O–H groups in total. The van der Waals surface area contributed by atoms with Gasteiger partial charge in [-0.25, -0.2) is 0 Å². The first-order chi connectivity index (χ1) is 7.55. The molecule has 2 nitrogen and oxygen atoms in total. The van der Waals surface area contributed by atoms with Crippen molar-refractivity contribution in [3.05, 3.63) is 23.8 Å². The molecule has 0 saturated heterocycles. The molecule has 0 heterocycles. The van der Waals surface area contributed by atoms with Gasteiger partial charge in [0.15, 0.2) is 0 Å². The van der Waals surface area contributed by atoms with Crippen LogP contribution in [0.5, 0.6) is 11.5 Å². The van der Waals surface area contributed by atoms with E-state index in [1.165, 1.54) is 0 Å². The second-order valence-corrected chi connectivity index (χ2v) is 6.41. The molecule has 0 unspecified atom stereocenters. The van der Waals surface area contributed by atoms with Crippen molar-refractivity contribution in [1.29, 1.82) is 0 Å². The first-order valence-electron chi connectivity index (χ1n) is 6.05. The lowest BCUT2D eigenvalue weighted by atomic mass is 10.1. The fourth-order valence-electron chi connectivity index (χ4n) is 1.54. The van der Waals surface area contributed by atoms with Crippen molar-refractivity contribution in [2.75, 3.05) is 0 Å². The Labute approximate surface area is 105 Å². The molecule has 0 radical (unpaired) electrons. The van der Waals surface area contributed by atoms with E-state index in [9.17, 15) is 0 Å². The van der Waals surface area contributed by atoms with E-state index in [1.54, 1.807) is 0 Å². The van der Waals surface area contributed by atoms with Crippen molar-refractivity contribution in [2.45, 2.75) is 59.7 Å². The molecule has 1 aromatic carbocycles. The summed E-state index contributed by atoms with van der Waals surface area (Å²) in [4.78, 5) is 0. The maximum atomic E-state index is 5.86. The molecule has 0 aliphatic carbocycles. The van der Waals surface area contributed by atoms with Gasteiger partial charge in [-0.3, -0.25) is 0 Å². The highest BCUT2D eigenvalue weighted by Gasteiger charge is 2.15. The van der Waals surface area contributed by atoms with E-state index in [2.05, 4.69) is 0 Å². The molecular weight excluding hydrogens is 212 g/mol. The van der Waals surface area contributed by atoms with E-state index in [1.807, 2.05) is 66.7 Å². The van der Waals surface area contributed by atoms with E-state index < -0.39 is 0 Å². The summed E-state index contributed by atoms with van der Waals surface area (Å²) in [6.07, 6.45) is 0. The summed E-state index contributed by atoms with van der Waals surface area (Å²) < 4.78 is 11.7. The summed E-state index contributed by atoms with van der Waals surface area (Å²) in [5.74, 6) is 1.72. The molecule has 1 rings (SSSR count). The van der Waals surface area contributed by atoms with Crippen LogP contribution in [-0.4, -0.2) is 11.2 Å². The third kappa shape index (κ3) is 5.62. The second kappa shape index (κ2) is 4.59. The van der Waals surface area contributed by atoms with Gasteiger partial charge in [0, 0.05) is 6.07 Å². The first kappa shape index (κ1) is 13.9. The minimum atomic E-state index is -0.188. The minimum absolute atomic E-state index is 0.188. The fourth-order valence-corrected chi connectivity index (χ4v) is 1.54. The van der Waals surface area contributed by atoms with E-state index in [0.717, 1.165) is 17.1 Å². The SMILES string of the molecule is Cc1cc(OC(C)(C)C)cc(OC(C)(C)C)c1. The Morgan fingerprint density at radius 3 is 1.35 bits per heavy atom. The van der Waals surface area contributed by atoms with Crippen LogP contribution >= 0.6 is 0 Å². The van der Waals surface area contributed by atoms with Crippen molar-refractivity contribution < 1.29 is 9.47 Å². The lowest BCUT2D eigenvalue weighted by Crippen LogP contribution is -2.24. The van der Waals surface area contributed by atoms with E-state index in [0.29, 0.717) is 0 Å². The van der Waals surface area contributed by atoms with Gasteiger partial charge in [-0.2, -0.15) is 0 Å². The highest BCUT2D eigenvalue weighted by atomic mass is 16.5. The average Bonchev–Trinajstić information content (AvgIpc) is 1.93. The molecule has 0 bridgehead atoms. The molecule has 96 valence electrons. The van der Waals surface area contributed by atoms with Crippen molar-refractivity contribution in [1.82, 2.24) is 0 Å². The molecule has 0 atom stereocenters. The molecule has 17 heavy (non-hydrogen) atoms. The number of hydrogen-bond donors (Lipinski definition) is 0. The van der Waals surface area contributed by atoms with Crippen LogP contribution in [0.3, 0.4) is 0 Å². The summed E-state index contributed by atoms with van der Waals surface area (Å²) in [6, 6.07) is 6.00. The van der Waals surface area contributed by atoms with Gasteiger partial charge in [-0.15, -0.1) is 0 Å². The third-order valence-electron chi connectivity index (χ3n) is 1.87. The molecule has 0 saturated carbocycles. The lowest BCUT2D eigenvalue weighted by Gasteiger charge is -2.24. The predicted octanol–water partition coefficient (Wildman–Crippen LogP) is 4.35. The van der Waals surface area contributed by atoms with Gasteiger partial charge in [0.2, 0.25) is 0 Å². The molecule has 1 aromatic rings. The molecule has 0 amide bonds. The number of hydrogen-bond acceptors (Lipinski definition) is 2. The summed E-state index contributed by atoms with van der Waals surface area (Å²) in [7, 11) is 0. The van der Waals surface area contributed by atoms with Gasteiger partial charge in [0.25, 0.3) is 0 Å². The summed E-state index contributed by atoms with van der Waals surface area (Å²) in [6.45, 7) is 14.3. The Morgan fingerprint density at radius 1 is 0.706 bits per heavy atom. The number of aryl methyl sites for hydroxylation is 1. The fraction of sp³-hybridized carbons (Fsp3) is 0.600. The quantitative estimate of drug-likeness (QED) is 0.760. The van der Waals surface area contributed by atoms with E-state index in [-0.39, 0.29) is 11.2 Å². The van der Waals surface area contributed by atoms with Crippen LogP contribution in [0.4, 0.5) is 0 Å². The minimum Gasteiger partial charge on any atom is -0.488 e. The van der Waals surface area contributed by atoms with Gasteiger partial charge >= 0.3 is 0 Å². The largest absolute Gasteiger partial charge is 0.488 e. The second-order valence-electron chi connectivity index (χ2n) is 6.41. The van der Waals surface area contributed by atoms with Gasteiger partial charge in [-0.1, -0.05) is 0 Å². The highest BCUT2D eigenvalue weighted by Crippen LogP contribution is 2.27. The smallest absolute Gasteiger partial charge is 0.124 e. The van der Waals surface area contributed by atoms with Gasteiger partial charge < -0.3 is 9.47 Å². The lowest BCUT2D eigenvalue weighted by molar-refractivity contribution is 0.121. The van der Waals surface area contributed by atoms with Crippen molar-refractivity contribution >= 4 is 0 Å². The molecule has 0 aromatic heterocycles. The monoisotopic (exact) mass is 236 g/mol. The molecular formula is C15H24O2. The molecule has 0 fully saturated rings. The molecule has 2 heteroatoms. The molecule has 0 aliphatic heterocycles. The zero-order chi connectivity index (χ0) is 13.3. The number of benzene rings is 1. The maximum Gasteiger partial charge on any atom is 0.124 e. The normalized spacial score (nSPS) is 12.4. The zero-order valence-corrected chi connectivity index (χ0v) is 12.0. The Balaban J connectivity index is 2.95. The zero-order valence-electron chi connectivity index (χ0n) is 12.0. The van der Waals surface area contributed by atoms with Crippen molar-refractivity contribution in [2.24, 2.45) is 0 Å². The van der Waals surface area contributed by atoms with Crippen LogP contribution in [0.1, 0.15) is 47.1 Å². The van der Waals surface area contributed by atoms with Gasteiger partial charge in [0.1, 0.15) is 22.7 Å². The number of rotatable bonds is 2. The van der Waals surface area contributed by atoms with Crippen LogP contribution < -0.4 is 9.47 Å². The average molecular weight is 236 g/mol. The maximum absolute atomic E-state index is 5.86. The Hall–Kier alpha value is -1.18. The standard InChI is InChI=1S/C15H24O2/c1-11-8-12(16-14(2,3)4)10-13(9-11)17-15(5,6)7/h8-10H,1-7H3. The van der Waals surface area contributed by atoms with Gasteiger partial charge in [0.05, 0.1) is 0 Å². The van der Waals surface area contributed by atoms with Crippen LogP contribution in [0, 0.1) is 6.92 Å². The predicted molar refractivity (Wildman–Crippen MR) is 71.9 cm³/mol. The van der Waals surface area contributed by atoms with Crippen LogP contribution in [0.2, 0.25) is 0 Å². The van der Waals surface area contributed by atoms with Crippen LogP contribution in [-0.2, 0) is 0 Å². The number of ether oxygens (including phenoxy) is 2. The Morgan fingerprint density at radius 2 is 1.06 bits per heavy atom. The van der Waals surface area contributed by atoms with E-state index >= 15 is 0 Å². The highest BCUT2D eigenvalue weighted by molar-refractivity contribution is 5.38. The van der Waals surface area contributed by atoms with Crippen LogP contribution in [0.15, 0.2) is 18.2 Å². The molecule has 0 spiro atoms. The van der Waals surface area contributed by atoms with Crippen LogP contribution in [0.25, 0.3) is 0 Å². The van der Waals surface area contributed by atoms with Crippen molar-refractivity contribution in [3.8, 4) is 11.5 Å². The molecule has 0 aliphatic rings. The Kier molecular flexibility index (Phi) is 3.75. The topological polar surface area (TPSA) is 18.5 Å². The Bertz CT molecular complexity index is 347. The summed E-state index contributed by atoms with van der Waals surface area (Å²) >= 11 is 0. The van der Waals surface area contributed by atoms with Crippen molar-refractivity contribution in [3.63, 3.8) is 0 Å².